The Morgan fingerprint density at radius 1 is 1.26 bits per heavy atom. The first-order valence-corrected chi connectivity index (χ1v) is 9.63. The molecule has 3 fully saturated rings. The molecular formula is C20H23N3O4. The number of fused-ring (bicyclic) bond motifs is 3. The number of esters is 1. The maximum Gasteiger partial charge on any atom is 0.311 e. The lowest BCUT2D eigenvalue weighted by Gasteiger charge is -2.28. The Morgan fingerprint density at radius 3 is 2.67 bits per heavy atom. The Bertz CT molecular complexity index is 952. The van der Waals surface area contributed by atoms with Gasteiger partial charge < -0.3 is 14.6 Å². The fraction of sp³-hybridized carbons (Fsp3) is 0.600. The van der Waals surface area contributed by atoms with Crippen LogP contribution >= 0.6 is 0 Å². The van der Waals surface area contributed by atoms with Crippen LogP contribution in [0.3, 0.4) is 0 Å². The van der Waals surface area contributed by atoms with Crippen LogP contribution in [0.1, 0.15) is 72.6 Å². The summed E-state index contributed by atoms with van der Waals surface area (Å²) in [6.45, 7) is 1.83. The van der Waals surface area contributed by atoms with Gasteiger partial charge in [-0.2, -0.15) is 0 Å². The van der Waals surface area contributed by atoms with Crippen LogP contribution in [0, 0.1) is 12.3 Å². The molecule has 7 heteroatoms. The minimum atomic E-state index is -0.429. The summed E-state index contributed by atoms with van der Waals surface area (Å²) in [5.41, 5.74) is 1.83. The van der Waals surface area contributed by atoms with E-state index in [1.165, 1.54) is 7.11 Å². The third kappa shape index (κ3) is 2.47. The molecule has 142 valence electrons. The summed E-state index contributed by atoms with van der Waals surface area (Å²) < 4.78 is 10.4. The molecule has 5 rings (SSSR count). The Hall–Kier alpha value is -2.44. The van der Waals surface area contributed by atoms with Crippen LogP contribution in [0.4, 0.5) is 0 Å². The molecule has 2 aromatic rings. The number of methoxy groups -OCH3 is 1. The lowest BCUT2D eigenvalue weighted by Crippen LogP contribution is -2.45. The fourth-order valence-electron chi connectivity index (χ4n) is 5.06. The highest BCUT2D eigenvalue weighted by Gasteiger charge is 2.59. The maximum atomic E-state index is 13.3. The van der Waals surface area contributed by atoms with Gasteiger partial charge in [0, 0.05) is 17.2 Å². The van der Waals surface area contributed by atoms with Crippen LogP contribution in [0.25, 0.3) is 11.1 Å². The monoisotopic (exact) mass is 369 g/mol. The molecule has 1 amide bonds. The van der Waals surface area contributed by atoms with Crippen molar-refractivity contribution >= 4 is 23.0 Å². The summed E-state index contributed by atoms with van der Waals surface area (Å²) in [7, 11) is 1.44. The summed E-state index contributed by atoms with van der Waals surface area (Å²) in [5, 5.41) is 7.94. The molecule has 3 aliphatic rings. The number of rotatable bonds is 4. The number of ether oxygens (including phenoxy) is 1. The second-order valence-electron chi connectivity index (χ2n) is 8.50. The number of amides is 1. The van der Waals surface area contributed by atoms with Crippen LogP contribution < -0.4 is 5.32 Å². The molecule has 1 N–H and O–H groups in total. The van der Waals surface area contributed by atoms with Gasteiger partial charge in [-0.25, -0.2) is 4.98 Å². The molecule has 3 aliphatic carbocycles. The number of aromatic nitrogens is 2. The molecule has 2 heterocycles. The third-order valence-corrected chi connectivity index (χ3v) is 6.72. The van der Waals surface area contributed by atoms with Gasteiger partial charge in [-0.05, 0) is 57.9 Å². The number of nitrogens with zero attached hydrogens (tertiary/aromatic N) is 2. The minimum absolute atomic E-state index is 0.127. The van der Waals surface area contributed by atoms with Gasteiger partial charge >= 0.3 is 5.97 Å². The number of hydrogen-bond donors (Lipinski definition) is 1. The summed E-state index contributed by atoms with van der Waals surface area (Å²) >= 11 is 0. The molecule has 2 aromatic heterocycles. The van der Waals surface area contributed by atoms with Crippen molar-refractivity contribution < 1.29 is 18.8 Å². The Morgan fingerprint density at radius 2 is 2.00 bits per heavy atom. The van der Waals surface area contributed by atoms with E-state index >= 15 is 0 Å². The number of aryl methyl sites for hydroxylation is 1. The van der Waals surface area contributed by atoms with E-state index in [2.05, 4.69) is 15.5 Å². The van der Waals surface area contributed by atoms with Gasteiger partial charge in [0.1, 0.15) is 0 Å². The number of pyridine rings is 1. The molecule has 0 unspecified atom stereocenters. The summed E-state index contributed by atoms with van der Waals surface area (Å²) in [4.78, 5) is 30.1. The second kappa shape index (κ2) is 5.53. The fourth-order valence-corrected chi connectivity index (χ4v) is 5.06. The van der Waals surface area contributed by atoms with Crippen molar-refractivity contribution in [1.82, 2.24) is 15.5 Å². The predicted octanol–water partition coefficient (Wildman–Crippen LogP) is 3.01. The molecule has 0 atom stereocenters. The van der Waals surface area contributed by atoms with Crippen molar-refractivity contribution in [3.8, 4) is 0 Å². The average Bonchev–Trinajstić information content (AvgIpc) is 3.25. The first-order chi connectivity index (χ1) is 13.0. The van der Waals surface area contributed by atoms with E-state index in [1.807, 2.05) is 13.0 Å². The number of hydrogen-bond acceptors (Lipinski definition) is 6. The molecule has 3 saturated carbocycles. The summed E-state index contributed by atoms with van der Waals surface area (Å²) in [6.07, 6.45) is 6.00. The highest BCUT2D eigenvalue weighted by molar-refractivity contribution is 6.06. The highest BCUT2D eigenvalue weighted by atomic mass is 16.5. The Labute approximate surface area is 156 Å². The smallest absolute Gasteiger partial charge is 0.311 e. The van der Waals surface area contributed by atoms with Crippen LogP contribution in [-0.4, -0.2) is 34.7 Å². The lowest BCUT2D eigenvalue weighted by molar-refractivity contribution is -0.152. The largest absolute Gasteiger partial charge is 0.469 e. The highest BCUT2D eigenvalue weighted by Crippen LogP contribution is 2.57. The zero-order valence-electron chi connectivity index (χ0n) is 15.6. The van der Waals surface area contributed by atoms with E-state index in [0.29, 0.717) is 34.7 Å². The van der Waals surface area contributed by atoms with Gasteiger partial charge in [-0.15, -0.1) is 0 Å². The molecule has 27 heavy (non-hydrogen) atoms. The van der Waals surface area contributed by atoms with Crippen molar-refractivity contribution in [2.75, 3.05) is 7.11 Å². The second-order valence-corrected chi connectivity index (χ2v) is 8.50. The van der Waals surface area contributed by atoms with E-state index in [1.54, 1.807) is 0 Å². The molecule has 7 nitrogen and oxygen atoms in total. The lowest BCUT2D eigenvalue weighted by atomic mass is 9.84. The quantitative estimate of drug-likeness (QED) is 0.833. The predicted molar refractivity (Wildman–Crippen MR) is 96.2 cm³/mol. The van der Waals surface area contributed by atoms with Crippen LogP contribution in [0.5, 0.6) is 0 Å². The zero-order chi connectivity index (χ0) is 18.8. The molecule has 0 radical (unpaired) electrons. The molecule has 0 aliphatic heterocycles. The van der Waals surface area contributed by atoms with Crippen molar-refractivity contribution in [3.63, 3.8) is 0 Å². The van der Waals surface area contributed by atoms with E-state index in [-0.39, 0.29) is 17.4 Å². The van der Waals surface area contributed by atoms with Gasteiger partial charge in [0.05, 0.1) is 29.2 Å². The van der Waals surface area contributed by atoms with Gasteiger partial charge in [-0.1, -0.05) is 5.16 Å². The van der Waals surface area contributed by atoms with Crippen molar-refractivity contribution in [1.29, 1.82) is 0 Å². The van der Waals surface area contributed by atoms with Gasteiger partial charge in [-0.3, -0.25) is 9.59 Å². The molecule has 2 bridgehead atoms. The summed E-state index contributed by atoms with van der Waals surface area (Å²) in [5.74, 6) is 0.140. The molecule has 0 aromatic carbocycles. The first-order valence-electron chi connectivity index (χ1n) is 9.63. The van der Waals surface area contributed by atoms with Crippen molar-refractivity contribution in [2.24, 2.45) is 5.41 Å². The van der Waals surface area contributed by atoms with Crippen LogP contribution in [0.2, 0.25) is 0 Å². The first kappa shape index (κ1) is 16.7. The molecule has 0 spiro atoms. The van der Waals surface area contributed by atoms with Crippen LogP contribution in [-0.2, 0) is 9.53 Å². The standard InChI is InChI=1S/C20H23N3O4/c1-11-15-13(9-14(12-3-4-12)21-17(15)27-23-11)16(24)22-20-7-5-19(10-20,6-8-20)18(25)26-2/h9,12H,3-8,10H2,1-2H3,(H,22,24). The van der Waals surface area contributed by atoms with Gasteiger partial charge in [0.25, 0.3) is 11.6 Å². The zero-order valence-corrected chi connectivity index (χ0v) is 15.6. The topological polar surface area (TPSA) is 94.3 Å². The SMILES string of the molecule is COC(=O)C12CCC(NC(=O)c3cc(C4CC4)nc4onc(C)c34)(CC1)C2. The van der Waals surface area contributed by atoms with Gasteiger partial charge in [0.15, 0.2) is 0 Å². The van der Waals surface area contributed by atoms with E-state index in [4.69, 9.17) is 9.26 Å². The Balaban J connectivity index is 1.47. The Kier molecular flexibility index (Phi) is 3.42. The average molecular weight is 369 g/mol. The minimum Gasteiger partial charge on any atom is -0.469 e. The van der Waals surface area contributed by atoms with E-state index in [0.717, 1.165) is 44.2 Å². The molecule has 0 saturated heterocycles. The number of carbonyl (C=O) groups is 2. The van der Waals surface area contributed by atoms with Crippen LogP contribution in [0.15, 0.2) is 10.6 Å². The summed E-state index contributed by atoms with van der Waals surface area (Å²) in [6, 6.07) is 1.90. The normalized spacial score (nSPS) is 29.3. The van der Waals surface area contributed by atoms with Crippen molar-refractivity contribution in [2.45, 2.75) is 63.3 Å². The maximum absolute atomic E-state index is 13.3. The van der Waals surface area contributed by atoms with E-state index < -0.39 is 5.41 Å². The number of carbonyl (C=O) groups excluding carboxylic acids is 2. The van der Waals surface area contributed by atoms with Gasteiger partial charge in [0.2, 0.25) is 0 Å². The number of nitrogens with one attached hydrogen (secondary N) is 1. The third-order valence-electron chi connectivity index (χ3n) is 6.72. The molecular weight excluding hydrogens is 346 g/mol. The van der Waals surface area contributed by atoms with Crippen molar-refractivity contribution in [3.05, 3.63) is 23.0 Å². The van der Waals surface area contributed by atoms with E-state index in [9.17, 15) is 9.59 Å².